The molecule has 4 heteroatoms. The molecule has 0 fully saturated rings. The second kappa shape index (κ2) is 5.94. The van der Waals surface area contributed by atoms with Crippen LogP contribution in [0.15, 0.2) is 58.3 Å². The van der Waals surface area contributed by atoms with E-state index in [4.69, 9.17) is 4.74 Å². The molecule has 2 nitrogen and oxygen atoms in total. The fourth-order valence-electron chi connectivity index (χ4n) is 2.19. The summed E-state index contributed by atoms with van der Waals surface area (Å²) >= 11 is 3.55. The zero-order valence-corrected chi connectivity index (χ0v) is 12.6. The van der Waals surface area contributed by atoms with E-state index < -0.39 is 0 Å². The Morgan fingerprint density at radius 3 is 2.15 bits per heavy atom. The van der Waals surface area contributed by atoms with Gasteiger partial charge in [-0.3, -0.25) is 0 Å². The van der Waals surface area contributed by atoms with E-state index in [2.05, 4.69) is 12.1 Å². The fraction of sp³-hybridized carbons (Fsp3) is 0.188. The monoisotopic (exact) mass is 302 g/mol. The third kappa shape index (κ3) is 2.58. The normalized spacial score (nSPS) is 15.7. The number of methoxy groups -OCH3 is 1. The molecule has 1 aliphatic rings. The average molecular weight is 302 g/mol. The molecule has 102 valence electrons. The van der Waals surface area contributed by atoms with E-state index in [0.29, 0.717) is 0 Å². The topological polar surface area (TPSA) is 26.3 Å². The van der Waals surface area contributed by atoms with Crippen molar-refractivity contribution in [1.29, 1.82) is 0 Å². The lowest BCUT2D eigenvalue weighted by molar-refractivity contribution is -0.108. The first-order valence-electron chi connectivity index (χ1n) is 6.33. The summed E-state index contributed by atoms with van der Waals surface area (Å²) in [5.74, 6) is 0.705. The van der Waals surface area contributed by atoms with Gasteiger partial charge in [0, 0.05) is 9.79 Å². The summed E-state index contributed by atoms with van der Waals surface area (Å²) in [6.45, 7) is 0. The van der Waals surface area contributed by atoms with Crippen LogP contribution in [0.3, 0.4) is 0 Å². The molecule has 3 rings (SSSR count). The summed E-state index contributed by atoms with van der Waals surface area (Å²) in [6.07, 6.45) is 1.05. The third-order valence-electron chi connectivity index (χ3n) is 3.28. The number of benzene rings is 2. The van der Waals surface area contributed by atoms with Gasteiger partial charge in [-0.05, 0) is 29.8 Å². The van der Waals surface area contributed by atoms with Crippen LogP contribution in [0.25, 0.3) is 0 Å². The number of hydrogen-bond donors (Lipinski definition) is 0. The first-order valence-corrected chi connectivity index (χ1v) is 8.09. The highest BCUT2D eigenvalue weighted by atomic mass is 32.2. The number of thioether (sulfide) groups is 2. The lowest BCUT2D eigenvalue weighted by atomic mass is 10.0. The van der Waals surface area contributed by atoms with Crippen molar-refractivity contribution >= 4 is 29.8 Å². The second-order valence-corrected chi connectivity index (χ2v) is 7.15. The van der Waals surface area contributed by atoms with Gasteiger partial charge in [0.1, 0.15) is 12.0 Å². The van der Waals surface area contributed by atoms with Crippen molar-refractivity contribution in [1.82, 2.24) is 0 Å². The lowest BCUT2D eigenvalue weighted by Crippen LogP contribution is -2.11. The van der Waals surface area contributed by atoms with Crippen molar-refractivity contribution in [2.75, 3.05) is 7.11 Å². The standard InChI is InChI=1S/C16H14O2S2/c1-18-12-8-6-11(7-9-12)13(10-17)16-19-14-4-2-3-5-15(14)20-16/h2-10,13,16H,1H3/t13-/m1/s1. The smallest absolute Gasteiger partial charge is 0.129 e. The summed E-state index contributed by atoms with van der Waals surface area (Å²) in [7, 11) is 1.64. The van der Waals surface area contributed by atoms with Crippen LogP contribution in [0.5, 0.6) is 5.75 Å². The molecule has 0 spiro atoms. The molecule has 0 saturated carbocycles. The Labute approximate surface area is 126 Å². The number of ether oxygens (including phenoxy) is 1. The van der Waals surface area contributed by atoms with Gasteiger partial charge in [-0.2, -0.15) is 0 Å². The van der Waals surface area contributed by atoms with Gasteiger partial charge in [0.2, 0.25) is 0 Å². The maximum absolute atomic E-state index is 11.5. The van der Waals surface area contributed by atoms with Gasteiger partial charge >= 0.3 is 0 Å². The van der Waals surface area contributed by atoms with Crippen LogP contribution in [0.1, 0.15) is 11.5 Å². The summed E-state index contributed by atoms with van der Waals surface area (Å²) in [5.41, 5.74) is 1.04. The molecule has 0 radical (unpaired) electrons. The van der Waals surface area contributed by atoms with Crippen LogP contribution in [-0.4, -0.2) is 18.0 Å². The number of hydrogen-bond acceptors (Lipinski definition) is 4. The lowest BCUT2D eigenvalue weighted by Gasteiger charge is -2.16. The van der Waals surface area contributed by atoms with Gasteiger partial charge in [-0.15, -0.1) is 23.5 Å². The third-order valence-corrected chi connectivity index (χ3v) is 6.25. The Kier molecular flexibility index (Phi) is 4.03. The molecular formula is C16H14O2S2. The number of carbonyl (C=O) groups is 1. The maximum atomic E-state index is 11.5. The van der Waals surface area contributed by atoms with E-state index in [9.17, 15) is 4.79 Å². The molecule has 0 N–H and O–H groups in total. The fourth-order valence-corrected chi connectivity index (χ4v) is 5.21. The minimum Gasteiger partial charge on any atom is -0.497 e. The van der Waals surface area contributed by atoms with Crippen LogP contribution in [0.2, 0.25) is 0 Å². The van der Waals surface area contributed by atoms with Gasteiger partial charge in [0.15, 0.2) is 0 Å². The molecule has 0 amide bonds. The van der Waals surface area contributed by atoms with Crippen LogP contribution in [0.4, 0.5) is 0 Å². The molecular weight excluding hydrogens is 288 g/mol. The average Bonchev–Trinajstić information content (AvgIpc) is 2.92. The Bertz CT molecular complexity index is 585. The Balaban J connectivity index is 1.83. The van der Waals surface area contributed by atoms with Crippen LogP contribution < -0.4 is 4.74 Å². The number of fused-ring (bicyclic) bond motifs is 1. The van der Waals surface area contributed by atoms with Crippen molar-refractivity contribution in [3.8, 4) is 5.75 Å². The summed E-state index contributed by atoms with van der Waals surface area (Å²) in [4.78, 5) is 14.1. The van der Waals surface area contributed by atoms with Crippen molar-refractivity contribution in [2.24, 2.45) is 0 Å². The van der Waals surface area contributed by atoms with Gasteiger partial charge in [-0.1, -0.05) is 24.3 Å². The van der Waals surface area contributed by atoms with E-state index in [-0.39, 0.29) is 10.5 Å². The number of rotatable bonds is 4. The molecule has 1 atom stereocenters. The quantitative estimate of drug-likeness (QED) is 0.791. The van der Waals surface area contributed by atoms with Crippen LogP contribution in [0, 0.1) is 0 Å². The molecule has 0 saturated heterocycles. The van der Waals surface area contributed by atoms with Gasteiger partial charge in [0.05, 0.1) is 17.6 Å². The van der Waals surface area contributed by atoms with Gasteiger partial charge < -0.3 is 9.53 Å². The summed E-state index contributed by atoms with van der Waals surface area (Å²) < 4.78 is 5.37. The minimum absolute atomic E-state index is 0.108. The molecule has 0 aliphatic carbocycles. The van der Waals surface area contributed by atoms with E-state index in [1.807, 2.05) is 36.4 Å². The zero-order chi connectivity index (χ0) is 13.9. The Morgan fingerprint density at radius 1 is 1.05 bits per heavy atom. The maximum Gasteiger partial charge on any atom is 0.129 e. The van der Waals surface area contributed by atoms with Gasteiger partial charge in [0.25, 0.3) is 0 Å². The number of carbonyl (C=O) groups excluding carboxylic acids is 1. The predicted molar refractivity (Wildman–Crippen MR) is 83.7 cm³/mol. The SMILES string of the molecule is COc1ccc([C@@H](C=O)C2Sc3ccccc3S2)cc1. The zero-order valence-electron chi connectivity index (χ0n) is 11.0. The van der Waals surface area contributed by atoms with Crippen LogP contribution >= 0.6 is 23.5 Å². The highest BCUT2D eigenvalue weighted by Gasteiger charge is 2.31. The second-order valence-electron chi connectivity index (χ2n) is 4.49. The molecule has 2 aromatic carbocycles. The Morgan fingerprint density at radius 2 is 1.65 bits per heavy atom. The first kappa shape index (κ1) is 13.6. The van der Waals surface area contributed by atoms with Crippen molar-refractivity contribution in [3.63, 3.8) is 0 Å². The highest BCUT2D eigenvalue weighted by Crippen LogP contribution is 2.52. The van der Waals surface area contributed by atoms with Crippen molar-refractivity contribution in [3.05, 3.63) is 54.1 Å². The van der Waals surface area contributed by atoms with E-state index in [1.54, 1.807) is 30.6 Å². The molecule has 0 unspecified atom stereocenters. The Hall–Kier alpha value is -1.39. The van der Waals surface area contributed by atoms with Crippen LogP contribution in [-0.2, 0) is 4.79 Å². The van der Waals surface area contributed by atoms with Crippen molar-refractivity contribution < 1.29 is 9.53 Å². The number of aldehydes is 1. The van der Waals surface area contributed by atoms with E-state index >= 15 is 0 Å². The largest absolute Gasteiger partial charge is 0.497 e. The minimum atomic E-state index is -0.108. The van der Waals surface area contributed by atoms with E-state index in [0.717, 1.165) is 17.6 Å². The molecule has 2 aromatic rings. The molecule has 0 bridgehead atoms. The molecule has 1 heterocycles. The van der Waals surface area contributed by atoms with E-state index in [1.165, 1.54) is 9.79 Å². The summed E-state index contributed by atoms with van der Waals surface area (Å²) in [6, 6.07) is 16.1. The highest BCUT2D eigenvalue weighted by molar-refractivity contribution is 8.19. The van der Waals surface area contributed by atoms with Crippen molar-refractivity contribution in [2.45, 2.75) is 20.3 Å². The van der Waals surface area contributed by atoms with Gasteiger partial charge in [-0.25, -0.2) is 0 Å². The molecule has 20 heavy (non-hydrogen) atoms. The molecule has 0 aromatic heterocycles. The first-order chi connectivity index (χ1) is 9.81. The summed E-state index contributed by atoms with van der Waals surface area (Å²) in [5, 5.41) is 0. The predicted octanol–water partition coefficient (Wildman–Crippen LogP) is 4.20. The molecule has 1 aliphatic heterocycles.